The van der Waals surface area contributed by atoms with Crippen LogP contribution in [0.5, 0.6) is 11.5 Å². The van der Waals surface area contributed by atoms with Crippen LogP contribution in [-0.4, -0.2) is 34.0 Å². The van der Waals surface area contributed by atoms with Crippen LogP contribution in [0.4, 0.5) is 32.0 Å². The normalized spacial score (nSPS) is 12.7. The van der Waals surface area contributed by atoms with Crippen molar-refractivity contribution in [3.8, 4) is 11.5 Å². The van der Waals surface area contributed by atoms with Gasteiger partial charge in [0.25, 0.3) is 10.0 Å². The standard InChI is InChI=1S/C14H10ClF6NO4S2/c15-11-1-2-12(27-11)28(23,24)22-8-3-9(25-6-13(16,17)18)5-10(4-8)26-7-14(19,20)21/h1-5,22H,6-7H2. The van der Waals surface area contributed by atoms with Gasteiger partial charge < -0.3 is 9.47 Å². The molecule has 1 aromatic carbocycles. The second-order valence-corrected chi connectivity index (χ2v) is 8.79. The largest absolute Gasteiger partial charge is 0.484 e. The highest BCUT2D eigenvalue weighted by molar-refractivity contribution is 7.94. The third kappa shape index (κ3) is 7.28. The van der Waals surface area contributed by atoms with Crippen LogP contribution in [0.1, 0.15) is 0 Å². The van der Waals surface area contributed by atoms with Crippen LogP contribution in [0, 0.1) is 0 Å². The number of benzene rings is 1. The zero-order chi connectivity index (χ0) is 21.2. The zero-order valence-corrected chi connectivity index (χ0v) is 15.8. The molecule has 28 heavy (non-hydrogen) atoms. The van der Waals surface area contributed by atoms with Gasteiger partial charge in [-0.1, -0.05) is 11.6 Å². The summed E-state index contributed by atoms with van der Waals surface area (Å²) in [6.07, 6.45) is -9.42. The van der Waals surface area contributed by atoms with Gasteiger partial charge in [0.05, 0.1) is 10.0 Å². The third-order valence-electron chi connectivity index (χ3n) is 2.75. The number of sulfonamides is 1. The van der Waals surface area contributed by atoms with E-state index in [-0.39, 0.29) is 14.2 Å². The first-order valence-electron chi connectivity index (χ1n) is 7.06. The lowest BCUT2D eigenvalue weighted by Crippen LogP contribution is -2.20. The van der Waals surface area contributed by atoms with E-state index in [9.17, 15) is 34.8 Å². The minimum absolute atomic E-state index is 0.164. The van der Waals surface area contributed by atoms with E-state index in [1.54, 1.807) is 0 Å². The maximum Gasteiger partial charge on any atom is 0.422 e. The van der Waals surface area contributed by atoms with Crippen molar-refractivity contribution in [3.05, 3.63) is 34.7 Å². The fraction of sp³-hybridized carbons (Fsp3) is 0.286. The Kier molecular flexibility index (Phi) is 6.61. The summed E-state index contributed by atoms with van der Waals surface area (Å²) < 4.78 is 109. The number of nitrogens with one attached hydrogen (secondary N) is 1. The van der Waals surface area contributed by atoms with E-state index in [1.165, 1.54) is 12.1 Å². The molecule has 0 aliphatic carbocycles. The van der Waals surface area contributed by atoms with Gasteiger partial charge in [-0.05, 0) is 12.1 Å². The van der Waals surface area contributed by atoms with Crippen molar-refractivity contribution in [2.24, 2.45) is 0 Å². The number of anilines is 1. The predicted molar refractivity (Wildman–Crippen MR) is 89.7 cm³/mol. The molecule has 156 valence electrons. The van der Waals surface area contributed by atoms with E-state index >= 15 is 0 Å². The van der Waals surface area contributed by atoms with Crippen molar-refractivity contribution in [3.63, 3.8) is 0 Å². The highest BCUT2D eigenvalue weighted by Gasteiger charge is 2.30. The summed E-state index contributed by atoms with van der Waals surface area (Å²) in [5.41, 5.74) is -0.360. The second kappa shape index (κ2) is 8.25. The molecular weight excluding hydrogens is 460 g/mol. The van der Waals surface area contributed by atoms with E-state index in [1.807, 2.05) is 4.72 Å². The molecule has 0 aliphatic heterocycles. The Balaban J connectivity index is 2.30. The first-order chi connectivity index (χ1) is 12.7. The van der Waals surface area contributed by atoms with Crippen LogP contribution in [0.2, 0.25) is 4.34 Å². The minimum Gasteiger partial charge on any atom is -0.484 e. The molecule has 14 heteroatoms. The van der Waals surface area contributed by atoms with Crippen LogP contribution < -0.4 is 14.2 Å². The van der Waals surface area contributed by atoms with Gasteiger partial charge >= 0.3 is 12.4 Å². The zero-order valence-electron chi connectivity index (χ0n) is 13.4. The number of ether oxygens (including phenoxy) is 2. The number of alkyl halides is 6. The molecule has 0 unspecified atom stereocenters. The highest BCUT2D eigenvalue weighted by Crippen LogP contribution is 2.32. The number of halogens is 7. The fourth-order valence-electron chi connectivity index (χ4n) is 1.78. The predicted octanol–water partition coefficient (Wildman–Crippen LogP) is 5.08. The summed E-state index contributed by atoms with van der Waals surface area (Å²) in [7, 11) is -4.18. The molecule has 2 rings (SSSR count). The van der Waals surface area contributed by atoms with Gasteiger partial charge in [-0.25, -0.2) is 8.42 Å². The van der Waals surface area contributed by atoms with Crippen molar-refractivity contribution in [1.82, 2.24) is 0 Å². The van der Waals surface area contributed by atoms with Gasteiger partial charge in [-0.15, -0.1) is 11.3 Å². The fourth-order valence-corrected chi connectivity index (χ4v) is 4.30. The molecule has 1 N–H and O–H groups in total. The van der Waals surface area contributed by atoms with Gasteiger partial charge in [-0.3, -0.25) is 4.72 Å². The Morgan fingerprint density at radius 1 is 0.929 bits per heavy atom. The number of rotatable bonds is 7. The average Bonchev–Trinajstić information content (AvgIpc) is 2.97. The van der Waals surface area contributed by atoms with Crippen molar-refractivity contribution >= 4 is 38.6 Å². The highest BCUT2D eigenvalue weighted by atomic mass is 35.5. The summed E-state index contributed by atoms with van der Waals surface area (Å²) >= 11 is 6.37. The molecule has 0 spiro atoms. The lowest BCUT2D eigenvalue weighted by molar-refractivity contribution is -0.153. The van der Waals surface area contributed by atoms with E-state index in [4.69, 9.17) is 11.6 Å². The first kappa shape index (κ1) is 22.4. The lowest BCUT2D eigenvalue weighted by atomic mass is 10.3. The number of hydrogen-bond acceptors (Lipinski definition) is 5. The summed E-state index contributed by atoms with van der Waals surface area (Å²) in [5.74, 6) is -1.09. The molecule has 0 aliphatic rings. The molecule has 0 bridgehead atoms. The smallest absolute Gasteiger partial charge is 0.422 e. The summed E-state index contributed by atoms with van der Waals surface area (Å²) in [6.45, 7) is -3.47. The monoisotopic (exact) mass is 469 g/mol. The minimum atomic E-state index is -4.71. The van der Waals surface area contributed by atoms with E-state index in [0.29, 0.717) is 11.3 Å². The summed E-state index contributed by atoms with van der Waals surface area (Å²) in [4.78, 5) is 0. The van der Waals surface area contributed by atoms with E-state index in [2.05, 4.69) is 9.47 Å². The quantitative estimate of drug-likeness (QED) is 0.574. The van der Waals surface area contributed by atoms with E-state index in [0.717, 1.165) is 18.2 Å². The van der Waals surface area contributed by atoms with Crippen molar-refractivity contribution in [2.75, 3.05) is 17.9 Å². The van der Waals surface area contributed by atoms with E-state index < -0.39 is 47.1 Å². The van der Waals surface area contributed by atoms with Crippen molar-refractivity contribution in [1.29, 1.82) is 0 Å². The van der Waals surface area contributed by atoms with Crippen LogP contribution in [-0.2, 0) is 10.0 Å². The van der Waals surface area contributed by atoms with Crippen LogP contribution in [0.25, 0.3) is 0 Å². The average molecular weight is 470 g/mol. The Bertz CT molecular complexity index is 890. The van der Waals surface area contributed by atoms with Gasteiger partial charge in [-0.2, -0.15) is 26.3 Å². The molecule has 5 nitrogen and oxygen atoms in total. The third-order valence-corrected chi connectivity index (χ3v) is 5.85. The van der Waals surface area contributed by atoms with Gasteiger partial charge in [0.2, 0.25) is 0 Å². The molecular formula is C14H10ClF6NO4S2. The molecule has 0 amide bonds. The molecule has 0 saturated carbocycles. The van der Waals surface area contributed by atoms with Gasteiger partial charge in [0.15, 0.2) is 13.2 Å². The Morgan fingerprint density at radius 3 is 1.82 bits per heavy atom. The first-order valence-corrected chi connectivity index (χ1v) is 9.74. The molecule has 0 saturated heterocycles. The molecule has 0 radical (unpaired) electrons. The van der Waals surface area contributed by atoms with Crippen LogP contribution in [0.3, 0.4) is 0 Å². The van der Waals surface area contributed by atoms with Crippen molar-refractivity contribution in [2.45, 2.75) is 16.6 Å². The number of hydrogen-bond donors (Lipinski definition) is 1. The van der Waals surface area contributed by atoms with Gasteiger partial charge in [0.1, 0.15) is 15.7 Å². The maximum atomic E-state index is 12.3. The Labute approximate surface area is 163 Å². The molecule has 1 heterocycles. The second-order valence-electron chi connectivity index (χ2n) is 5.16. The summed E-state index contributed by atoms with van der Waals surface area (Å²) in [6, 6.07) is 5.01. The molecule has 0 atom stereocenters. The SMILES string of the molecule is O=S(=O)(Nc1cc(OCC(F)(F)F)cc(OCC(F)(F)F)c1)c1ccc(Cl)s1. The van der Waals surface area contributed by atoms with Crippen molar-refractivity contribution < 1.29 is 44.2 Å². The molecule has 0 fully saturated rings. The van der Waals surface area contributed by atoms with Gasteiger partial charge in [0, 0.05) is 18.2 Å². The lowest BCUT2D eigenvalue weighted by Gasteiger charge is -2.15. The van der Waals surface area contributed by atoms with Crippen LogP contribution >= 0.6 is 22.9 Å². The maximum absolute atomic E-state index is 12.3. The summed E-state index contributed by atoms with van der Waals surface area (Å²) in [5, 5.41) is 0. The Hall–Kier alpha value is -1.86. The topological polar surface area (TPSA) is 64.6 Å². The Morgan fingerprint density at radius 2 is 1.43 bits per heavy atom. The number of thiophene rings is 1. The molecule has 1 aromatic heterocycles. The van der Waals surface area contributed by atoms with Crippen LogP contribution in [0.15, 0.2) is 34.5 Å². The molecule has 2 aromatic rings.